The summed E-state index contributed by atoms with van der Waals surface area (Å²) in [4.78, 5) is 23.2. The Labute approximate surface area is 108 Å². The zero-order chi connectivity index (χ0) is 13.1. The molecule has 1 aliphatic carbocycles. The fraction of sp³-hybridized carbons (Fsp3) is 0.636. The van der Waals surface area contributed by atoms with Crippen LogP contribution in [0.1, 0.15) is 26.2 Å². The average Bonchev–Trinajstić information content (AvgIpc) is 2.96. The van der Waals surface area contributed by atoms with Gasteiger partial charge in [-0.1, -0.05) is 24.7 Å². The predicted molar refractivity (Wildman–Crippen MR) is 66.2 cm³/mol. The molecule has 1 aromatic rings. The maximum Gasteiger partial charge on any atom is 0.307 e. The Kier molecular flexibility index (Phi) is 3.90. The highest BCUT2D eigenvalue weighted by Crippen LogP contribution is 2.39. The third-order valence-electron chi connectivity index (χ3n) is 3.48. The quantitative estimate of drug-likeness (QED) is 0.866. The van der Waals surface area contributed by atoms with E-state index in [4.69, 9.17) is 5.11 Å². The number of anilines is 1. The van der Waals surface area contributed by atoms with Crippen molar-refractivity contribution in [3.05, 3.63) is 5.51 Å². The second-order valence-electron chi connectivity index (χ2n) is 4.53. The molecule has 0 saturated heterocycles. The lowest BCUT2D eigenvalue weighted by Gasteiger charge is -2.13. The molecule has 0 radical (unpaired) electrons. The minimum Gasteiger partial charge on any atom is -0.481 e. The molecular formula is C11H15N3O3S. The first-order valence-corrected chi connectivity index (χ1v) is 6.79. The molecule has 1 saturated carbocycles. The second-order valence-corrected chi connectivity index (χ2v) is 5.36. The van der Waals surface area contributed by atoms with Gasteiger partial charge in [-0.05, 0) is 18.8 Å². The van der Waals surface area contributed by atoms with Crippen molar-refractivity contribution in [2.45, 2.75) is 26.2 Å². The zero-order valence-corrected chi connectivity index (χ0v) is 10.8. The largest absolute Gasteiger partial charge is 0.481 e. The van der Waals surface area contributed by atoms with Crippen molar-refractivity contribution < 1.29 is 14.7 Å². The zero-order valence-electron chi connectivity index (χ0n) is 10.00. The third-order valence-corrected chi connectivity index (χ3v) is 4.09. The van der Waals surface area contributed by atoms with Gasteiger partial charge in [0, 0.05) is 0 Å². The van der Waals surface area contributed by atoms with Gasteiger partial charge >= 0.3 is 5.97 Å². The van der Waals surface area contributed by atoms with Crippen molar-refractivity contribution in [3.8, 4) is 0 Å². The smallest absolute Gasteiger partial charge is 0.307 e. The minimum absolute atomic E-state index is 0.255. The van der Waals surface area contributed by atoms with Crippen LogP contribution in [0.3, 0.4) is 0 Å². The van der Waals surface area contributed by atoms with E-state index in [0.717, 1.165) is 6.42 Å². The number of aliphatic carboxylic acids is 1. The van der Waals surface area contributed by atoms with E-state index in [2.05, 4.69) is 15.5 Å². The van der Waals surface area contributed by atoms with Crippen molar-refractivity contribution >= 4 is 28.3 Å². The number of rotatable bonds is 4. The molecule has 3 unspecified atom stereocenters. The van der Waals surface area contributed by atoms with E-state index in [1.807, 2.05) is 6.92 Å². The second kappa shape index (κ2) is 5.43. The van der Waals surface area contributed by atoms with Gasteiger partial charge in [0.1, 0.15) is 5.51 Å². The van der Waals surface area contributed by atoms with Gasteiger partial charge in [-0.15, -0.1) is 10.2 Å². The van der Waals surface area contributed by atoms with Gasteiger partial charge in [-0.2, -0.15) is 0 Å². The SMILES string of the molecule is CCC1CC(C(=O)O)C(C(=O)Nc2nncs2)C1. The Bertz CT molecular complexity index is 435. The lowest BCUT2D eigenvalue weighted by atomic mass is 9.95. The highest BCUT2D eigenvalue weighted by molar-refractivity contribution is 7.13. The van der Waals surface area contributed by atoms with Crippen LogP contribution in [0, 0.1) is 17.8 Å². The van der Waals surface area contributed by atoms with E-state index >= 15 is 0 Å². The summed E-state index contributed by atoms with van der Waals surface area (Å²) in [7, 11) is 0. The lowest BCUT2D eigenvalue weighted by molar-refractivity contribution is -0.145. The molecule has 0 aliphatic heterocycles. The summed E-state index contributed by atoms with van der Waals surface area (Å²) in [6.07, 6.45) is 2.13. The van der Waals surface area contributed by atoms with Crippen LogP contribution in [0.4, 0.5) is 5.13 Å². The van der Waals surface area contributed by atoms with Crippen LogP contribution in [-0.2, 0) is 9.59 Å². The number of nitrogens with one attached hydrogen (secondary N) is 1. The van der Waals surface area contributed by atoms with Crippen LogP contribution >= 0.6 is 11.3 Å². The molecule has 6 nitrogen and oxygen atoms in total. The van der Waals surface area contributed by atoms with Gasteiger partial charge in [0.25, 0.3) is 0 Å². The van der Waals surface area contributed by atoms with Gasteiger partial charge in [-0.3, -0.25) is 9.59 Å². The maximum absolute atomic E-state index is 12.1. The van der Waals surface area contributed by atoms with Crippen molar-refractivity contribution in [1.29, 1.82) is 0 Å². The summed E-state index contributed by atoms with van der Waals surface area (Å²) in [5.41, 5.74) is 1.52. The maximum atomic E-state index is 12.1. The van der Waals surface area contributed by atoms with E-state index in [9.17, 15) is 9.59 Å². The molecule has 1 fully saturated rings. The van der Waals surface area contributed by atoms with E-state index in [1.54, 1.807) is 0 Å². The average molecular weight is 269 g/mol. The third kappa shape index (κ3) is 2.66. The van der Waals surface area contributed by atoms with E-state index < -0.39 is 17.8 Å². The first-order chi connectivity index (χ1) is 8.61. The predicted octanol–water partition coefficient (Wildman–Crippen LogP) is 1.61. The van der Waals surface area contributed by atoms with Crippen LogP contribution in [0.2, 0.25) is 0 Å². The first kappa shape index (κ1) is 12.9. The summed E-state index contributed by atoms with van der Waals surface area (Å²) in [5, 5.41) is 19.6. The highest BCUT2D eigenvalue weighted by atomic mass is 32.1. The molecule has 1 heterocycles. The number of amides is 1. The van der Waals surface area contributed by atoms with Gasteiger partial charge in [0.2, 0.25) is 11.0 Å². The molecule has 1 amide bonds. The Morgan fingerprint density at radius 3 is 2.78 bits per heavy atom. The number of carbonyl (C=O) groups excluding carboxylic acids is 1. The number of carbonyl (C=O) groups is 2. The molecule has 0 bridgehead atoms. The fourth-order valence-corrected chi connectivity index (χ4v) is 2.91. The Morgan fingerprint density at radius 1 is 1.50 bits per heavy atom. The van der Waals surface area contributed by atoms with Crippen LogP contribution < -0.4 is 5.32 Å². The molecule has 2 N–H and O–H groups in total. The molecule has 1 aromatic heterocycles. The van der Waals surface area contributed by atoms with Crippen molar-refractivity contribution in [2.75, 3.05) is 5.32 Å². The molecule has 18 heavy (non-hydrogen) atoms. The van der Waals surface area contributed by atoms with Crippen LogP contribution in [0.5, 0.6) is 0 Å². The fourth-order valence-electron chi connectivity index (χ4n) is 2.46. The monoisotopic (exact) mass is 269 g/mol. The Balaban J connectivity index is 2.05. The molecule has 3 atom stereocenters. The first-order valence-electron chi connectivity index (χ1n) is 5.91. The topological polar surface area (TPSA) is 92.2 Å². The molecule has 0 spiro atoms. The van der Waals surface area contributed by atoms with E-state index in [1.165, 1.54) is 16.8 Å². The van der Waals surface area contributed by atoms with Gasteiger partial charge in [0.05, 0.1) is 11.8 Å². The number of carboxylic acid groups (broad SMARTS) is 1. The summed E-state index contributed by atoms with van der Waals surface area (Å²) in [5.74, 6) is -1.87. The number of hydrogen-bond donors (Lipinski definition) is 2. The molecule has 98 valence electrons. The van der Waals surface area contributed by atoms with Crippen LogP contribution in [0.15, 0.2) is 5.51 Å². The summed E-state index contributed by atoms with van der Waals surface area (Å²) in [6, 6.07) is 0. The standard InChI is InChI=1S/C11H15N3O3S/c1-2-6-3-7(8(4-6)10(16)17)9(15)13-11-14-12-5-18-11/h5-8H,2-4H2,1H3,(H,16,17)(H,13,14,15). The van der Waals surface area contributed by atoms with Gasteiger partial charge in [-0.25, -0.2) is 0 Å². The molecular weight excluding hydrogens is 254 g/mol. The number of aromatic nitrogens is 2. The minimum atomic E-state index is -0.886. The lowest BCUT2D eigenvalue weighted by Crippen LogP contribution is -2.29. The van der Waals surface area contributed by atoms with Crippen molar-refractivity contribution in [1.82, 2.24) is 10.2 Å². The summed E-state index contributed by atoms with van der Waals surface area (Å²) < 4.78 is 0. The molecule has 1 aliphatic rings. The molecule has 2 rings (SSSR count). The highest BCUT2D eigenvalue weighted by Gasteiger charge is 2.42. The summed E-state index contributed by atoms with van der Waals surface area (Å²) >= 11 is 1.22. The van der Waals surface area contributed by atoms with Crippen LogP contribution in [0.25, 0.3) is 0 Å². The van der Waals surface area contributed by atoms with Crippen LogP contribution in [-0.4, -0.2) is 27.2 Å². The van der Waals surface area contributed by atoms with Gasteiger partial charge < -0.3 is 10.4 Å². The normalized spacial score (nSPS) is 27.1. The Hall–Kier alpha value is -1.50. The number of hydrogen-bond acceptors (Lipinski definition) is 5. The number of nitrogens with zero attached hydrogens (tertiary/aromatic N) is 2. The van der Waals surface area contributed by atoms with Crippen molar-refractivity contribution in [3.63, 3.8) is 0 Å². The Morgan fingerprint density at radius 2 is 2.22 bits per heavy atom. The molecule has 7 heteroatoms. The summed E-state index contributed by atoms with van der Waals surface area (Å²) in [6.45, 7) is 2.02. The molecule has 0 aromatic carbocycles. The number of carboxylic acids is 1. The van der Waals surface area contributed by atoms with Gasteiger partial charge in [0.15, 0.2) is 0 Å². The van der Waals surface area contributed by atoms with E-state index in [0.29, 0.717) is 23.9 Å². The van der Waals surface area contributed by atoms with E-state index in [-0.39, 0.29) is 5.91 Å². The van der Waals surface area contributed by atoms with Crippen molar-refractivity contribution in [2.24, 2.45) is 17.8 Å².